The summed E-state index contributed by atoms with van der Waals surface area (Å²) in [5, 5.41) is 18.3. The Bertz CT molecular complexity index is 637. The molecule has 0 spiro atoms. The predicted molar refractivity (Wildman–Crippen MR) is 67.0 cm³/mol. The Morgan fingerprint density at radius 3 is 2.47 bits per heavy atom. The van der Waals surface area contributed by atoms with E-state index in [-0.39, 0.29) is 5.75 Å². The number of carboxylic acids is 1. The zero-order chi connectivity index (χ0) is 14.0. The number of carboxylic acid groups (broad SMARTS) is 1. The number of benzene rings is 2. The van der Waals surface area contributed by atoms with Gasteiger partial charge in [-0.3, -0.25) is 0 Å². The first-order valence-corrected chi connectivity index (χ1v) is 5.42. The smallest absolute Gasteiger partial charge is 0.338 e. The van der Waals surface area contributed by atoms with E-state index in [2.05, 4.69) is 0 Å². The first-order valence-electron chi connectivity index (χ1n) is 5.42. The van der Waals surface area contributed by atoms with Gasteiger partial charge in [-0.2, -0.15) is 0 Å². The van der Waals surface area contributed by atoms with Gasteiger partial charge >= 0.3 is 5.97 Å². The summed E-state index contributed by atoms with van der Waals surface area (Å²) in [4.78, 5) is 10.7. The summed E-state index contributed by atoms with van der Waals surface area (Å²) in [6.45, 7) is 0. The molecule has 98 valence electrons. The highest BCUT2D eigenvalue weighted by atomic mass is 19.1. The number of ether oxygens (including phenoxy) is 1. The largest absolute Gasteiger partial charge is 0.508 e. The van der Waals surface area contributed by atoms with Crippen LogP contribution in [0, 0.1) is 5.82 Å². The van der Waals surface area contributed by atoms with E-state index in [1.54, 1.807) is 6.07 Å². The molecule has 0 unspecified atom stereocenters. The molecule has 2 N–H and O–H groups in total. The number of carbonyl (C=O) groups is 1. The van der Waals surface area contributed by atoms with E-state index >= 15 is 0 Å². The van der Waals surface area contributed by atoms with Gasteiger partial charge in [0.15, 0.2) is 0 Å². The highest BCUT2D eigenvalue weighted by Gasteiger charge is 2.12. The van der Waals surface area contributed by atoms with E-state index in [0.717, 1.165) is 6.07 Å². The van der Waals surface area contributed by atoms with Crippen molar-refractivity contribution in [2.75, 3.05) is 7.11 Å². The molecule has 0 aliphatic carbocycles. The SMILES string of the molecule is COc1cc(O)cc(-c2ccc(C(=O)O)c(F)c2)c1. The number of hydrogen-bond acceptors (Lipinski definition) is 3. The second-order valence-electron chi connectivity index (χ2n) is 3.92. The van der Waals surface area contributed by atoms with Crippen LogP contribution >= 0.6 is 0 Å². The maximum atomic E-state index is 13.6. The summed E-state index contributed by atoms with van der Waals surface area (Å²) >= 11 is 0. The first-order chi connectivity index (χ1) is 9.01. The van der Waals surface area contributed by atoms with Crippen LogP contribution < -0.4 is 4.74 Å². The van der Waals surface area contributed by atoms with E-state index in [1.807, 2.05) is 0 Å². The minimum Gasteiger partial charge on any atom is -0.508 e. The fourth-order valence-corrected chi connectivity index (χ4v) is 1.74. The normalized spacial score (nSPS) is 10.2. The van der Waals surface area contributed by atoms with Gasteiger partial charge in [0.2, 0.25) is 0 Å². The highest BCUT2D eigenvalue weighted by molar-refractivity contribution is 5.88. The molecular weight excluding hydrogens is 251 g/mol. The molecule has 0 aliphatic heterocycles. The van der Waals surface area contributed by atoms with Gasteiger partial charge in [0.05, 0.1) is 12.7 Å². The van der Waals surface area contributed by atoms with Crippen molar-refractivity contribution in [1.29, 1.82) is 0 Å². The molecule has 5 heteroatoms. The number of rotatable bonds is 3. The molecule has 2 rings (SSSR count). The zero-order valence-corrected chi connectivity index (χ0v) is 10.1. The standard InChI is InChI=1S/C14H11FO4/c1-19-11-5-9(4-10(16)7-11)8-2-3-12(14(17)18)13(15)6-8/h2-7,16H,1H3,(H,17,18). The molecule has 0 atom stereocenters. The highest BCUT2D eigenvalue weighted by Crippen LogP contribution is 2.30. The van der Waals surface area contributed by atoms with Gasteiger partial charge in [-0.25, -0.2) is 9.18 Å². The van der Waals surface area contributed by atoms with Crippen molar-refractivity contribution in [2.45, 2.75) is 0 Å². The van der Waals surface area contributed by atoms with Crippen LogP contribution in [0.5, 0.6) is 11.5 Å². The van der Waals surface area contributed by atoms with E-state index in [4.69, 9.17) is 9.84 Å². The quantitative estimate of drug-likeness (QED) is 0.892. The van der Waals surface area contributed by atoms with Crippen LogP contribution in [0.2, 0.25) is 0 Å². The van der Waals surface area contributed by atoms with Crippen LogP contribution in [-0.4, -0.2) is 23.3 Å². The van der Waals surface area contributed by atoms with Gasteiger partial charge < -0.3 is 14.9 Å². The molecule has 0 heterocycles. The summed E-state index contributed by atoms with van der Waals surface area (Å²) in [6, 6.07) is 8.25. The van der Waals surface area contributed by atoms with Crippen molar-refractivity contribution in [3.63, 3.8) is 0 Å². The molecule has 2 aromatic rings. The average molecular weight is 262 g/mol. The third kappa shape index (κ3) is 2.65. The molecule has 0 bridgehead atoms. The number of aromatic hydroxyl groups is 1. The second-order valence-corrected chi connectivity index (χ2v) is 3.92. The van der Waals surface area contributed by atoms with Gasteiger partial charge in [-0.05, 0) is 35.4 Å². The second kappa shape index (κ2) is 4.97. The third-order valence-corrected chi connectivity index (χ3v) is 2.66. The monoisotopic (exact) mass is 262 g/mol. The molecule has 0 aromatic heterocycles. The fourth-order valence-electron chi connectivity index (χ4n) is 1.74. The van der Waals surface area contributed by atoms with Gasteiger partial charge in [0, 0.05) is 6.07 Å². The Hall–Kier alpha value is -2.56. The minimum atomic E-state index is -1.32. The van der Waals surface area contributed by atoms with Crippen LogP contribution in [-0.2, 0) is 0 Å². The topological polar surface area (TPSA) is 66.8 Å². The lowest BCUT2D eigenvalue weighted by molar-refractivity contribution is 0.0692. The van der Waals surface area contributed by atoms with Crippen molar-refractivity contribution in [2.24, 2.45) is 0 Å². The Morgan fingerprint density at radius 1 is 1.16 bits per heavy atom. The van der Waals surface area contributed by atoms with Gasteiger partial charge in [0.25, 0.3) is 0 Å². The summed E-state index contributed by atoms with van der Waals surface area (Å²) < 4.78 is 18.6. The Balaban J connectivity index is 2.50. The first kappa shape index (κ1) is 12.9. The average Bonchev–Trinajstić information content (AvgIpc) is 2.37. The summed E-state index contributed by atoms with van der Waals surface area (Å²) in [6.07, 6.45) is 0. The lowest BCUT2D eigenvalue weighted by Gasteiger charge is -2.07. The summed E-state index contributed by atoms with van der Waals surface area (Å²) in [7, 11) is 1.45. The number of aromatic carboxylic acids is 1. The van der Waals surface area contributed by atoms with E-state index < -0.39 is 17.3 Å². The Labute approximate surface area is 108 Å². The molecule has 0 saturated heterocycles. The molecule has 0 fully saturated rings. The molecule has 2 aromatic carbocycles. The molecule has 4 nitrogen and oxygen atoms in total. The zero-order valence-electron chi connectivity index (χ0n) is 10.1. The summed E-state index contributed by atoms with van der Waals surface area (Å²) in [5.41, 5.74) is 0.597. The van der Waals surface area contributed by atoms with E-state index in [1.165, 1.54) is 31.4 Å². The van der Waals surface area contributed by atoms with E-state index in [0.29, 0.717) is 16.9 Å². The van der Waals surface area contributed by atoms with Gasteiger partial charge in [-0.1, -0.05) is 6.07 Å². The van der Waals surface area contributed by atoms with Crippen LogP contribution in [0.25, 0.3) is 11.1 Å². The summed E-state index contributed by atoms with van der Waals surface area (Å²) in [5.74, 6) is -1.74. The van der Waals surface area contributed by atoms with Gasteiger partial charge in [-0.15, -0.1) is 0 Å². The van der Waals surface area contributed by atoms with Gasteiger partial charge in [0.1, 0.15) is 17.3 Å². The Morgan fingerprint density at radius 2 is 1.89 bits per heavy atom. The molecule has 19 heavy (non-hydrogen) atoms. The van der Waals surface area contributed by atoms with Crippen LogP contribution in [0.15, 0.2) is 36.4 Å². The number of methoxy groups -OCH3 is 1. The van der Waals surface area contributed by atoms with Crippen molar-refractivity contribution >= 4 is 5.97 Å². The molecule has 0 amide bonds. The van der Waals surface area contributed by atoms with Crippen molar-refractivity contribution in [3.8, 4) is 22.6 Å². The van der Waals surface area contributed by atoms with Crippen LogP contribution in [0.3, 0.4) is 0 Å². The van der Waals surface area contributed by atoms with Crippen LogP contribution in [0.4, 0.5) is 4.39 Å². The molecule has 0 aliphatic rings. The van der Waals surface area contributed by atoms with Crippen molar-refractivity contribution < 1.29 is 24.1 Å². The Kier molecular flexibility index (Phi) is 3.37. The number of phenolic OH excluding ortho intramolecular Hbond substituents is 1. The maximum absolute atomic E-state index is 13.6. The molecular formula is C14H11FO4. The third-order valence-electron chi connectivity index (χ3n) is 2.66. The number of hydrogen-bond donors (Lipinski definition) is 2. The molecule has 0 saturated carbocycles. The van der Waals surface area contributed by atoms with E-state index in [9.17, 15) is 14.3 Å². The fraction of sp³-hybridized carbons (Fsp3) is 0.0714. The lowest BCUT2D eigenvalue weighted by Crippen LogP contribution is -2.00. The number of halogens is 1. The maximum Gasteiger partial charge on any atom is 0.338 e. The predicted octanol–water partition coefficient (Wildman–Crippen LogP) is 2.91. The van der Waals surface area contributed by atoms with Crippen molar-refractivity contribution in [3.05, 3.63) is 47.8 Å². The van der Waals surface area contributed by atoms with Crippen LogP contribution in [0.1, 0.15) is 10.4 Å². The lowest BCUT2D eigenvalue weighted by atomic mass is 10.0. The van der Waals surface area contributed by atoms with Crippen molar-refractivity contribution in [1.82, 2.24) is 0 Å². The minimum absolute atomic E-state index is 0.0166. The molecule has 0 radical (unpaired) electrons. The number of phenols is 1.